The molecule has 0 bridgehead atoms. The number of likely N-dealkylation sites (tertiary alicyclic amines) is 1. The molecular weight excluding hydrogens is 539 g/mol. The number of aliphatic hydroxyl groups is 1. The second kappa shape index (κ2) is 13.3. The number of aryl methyl sites for hydroxylation is 1. The monoisotopic (exact) mass is 584 g/mol. The molecule has 11 heteroatoms. The first-order valence-corrected chi connectivity index (χ1v) is 15.1. The summed E-state index contributed by atoms with van der Waals surface area (Å²) in [7, 11) is 0. The van der Waals surface area contributed by atoms with Gasteiger partial charge in [0.1, 0.15) is 17.6 Å². The third-order valence-electron chi connectivity index (χ3n) is 9.10. The van der Waals surface area contributed by atoms with Crippen LogP contribution in [0, 0.1) is 17.7 Å². The highest BCUT2D eigenvalue weighted by molar-refractivity contribution is 6.00. The Morgan fingerprint density at radius 1 is 1.17 bits per heavy atom. The van der Waals surface area contributed by atoms with Crippen molar-refractivity contribution in [2.75, 3.05) is 18.4 Å². The van der Waals surface area contributed by atoms with Crippen LogP contribution in [0.25, 0.3) is 0 Å². The zero-order valence-corrected chi connectivity index (χ0v) is 25.1. The average molecular weight is 585 g/mol. The van der Waals surface area contributed by atoms with Crippen molar-refractivity contribution in [2.24, 2.45) is 17.6 Å². The van der Waals surface area contributed by atoms with Gasteiger partial charge in [0.05, 0.1) is 17.3 Å². The lowest BCUT2D eigenvalue weighted by atomic mass is 9.79. The number of amides is 3. The first-order chi connectivity index (χ1) is 19.9. The molecule has 42 heavy (non-hydrogen) atoms. The van der Waals surface area contributed by atoms with E-state index in [0.717, 1.165) is 25.7 Å². The number of aromatic nitrogens is 2. The Kier molecular flexibility index (Phi) is 10.0. The van der Waals surface area contributed by atoms with Crippen molar-refractivity contribution < 1.29 is 23.9 Å². The van der Waals surface area contributed by atoms with Gasteiger partial charge in [-0.25, -0.2) is 4.39 Å². The van der Waals surface area contributed by atoms with Crippen LogP contribution >= 0.6 is 0 Å². The summed E-state index contributed by atoms with van der Waals surface area (Å²) in [6.45, 7) is 8.94. The highest BCUT2D eigenvalue weighted by Gasteiger charge is 2.35. The van der Waals surface area contributed by atoms with Crippen LogP contribution < -0.4 is 16.4 Å². The fraction of sp³-hybridized carbons (Fsp3) is 0.613. The number of rotatable bonds is 9. The van der Waals surface area contributed by atoms with Crippen molar-refractivity contribution in [3.8, 4) is 0 Å². The van der Waals surface area contributed by atoms with Gasteiger partial charge >= 0.3 is 0 Å². The zero-order chi connectivity index (χ0) is 30.6. The molecule has 0 spiro atoms. The summed E-state index contributed by atoms with van der Waals surface area (Å²) in [5, 5.41) is 19.9. The maximum Gasteiger partial charge on any atom is 0.270 e. The SMILES string of the molecule is CCn1nccc1C(=O)N[C@H](C(=O)Nc1ccc([C@H](C)[C@@H](N)C(=O)N2CCC(C)(O)CC2)cc1F)[C@H]1CC[C@H](C)CC1. The minimum atomic E-state index is -0.877. The molecule has 1 saturated carbocycles. The predicted molar refractivity (Wildman–Crippen MR) is 158 cm³/mol. The minimum absolute atomic E-state index is 0.00358. The van der Waals surface area contributed by atoms with Gasteiger partial charge in [0, 0.05) is 31.7 Å². The molecule has 2 aromatic rings. The maximum atomic E-state index is 15.3. The van der Waals surface area contributed by atoms with Crippen LogP contribution in [0.2, 0.25) is 0 Å². The number of halogens is 1. The quantitative estimate of drug-likeness (QED) is 0.356. The summed E-state index contributed by atoms with van der Waals surface area (Å²) in [6.07, 6.45) is 5.98. The molecule has 2 heterocycles. The molecule has 10 nitrogen and oxygen atoms in total. The fourth-order valence-electron chi connectivity index (χ4n) is 5.98. The van der Waals surface area contributed by atoms with E-state index in [-0.39, 0.29) is 17.5 Å². The topological polar surface area (TPSA) is 143 Å². The number of anilines is 1. The maximum absolute atomic E-state index is 15.3. The Balaban J connectivity index is 1.45. The lowest BCUT2D eigenvalue weighted by molar-refractivity contribution is -0.136. The van der Waals surface area contributed by atoms with Crippen LogP contribution in [0.4, 0.5) is 10.1 Å². The molecule has 1 saturated heterocycles. The molecule has 3 amide bonds. The summed E-state index contributed by atoms with van der Waals surface area (Å²) in [5.74, 6) is -1.75. The van der Waals surface area contributed by atoms with Crippen LogP contribution in [0.3, 0.4) is 0 Å². The van der Waals surface area contributed by atoms with E-state index in [0.29, 0.717) is 49.7 Å². The van der Waals surface area contributed by atoms with Crippen molar-refractivity contribution >= 4 is 23.4 Å². The molecule has 1 aliphatic heterocycles. The van der Waals surface area contributed by atoms with E-state index in [1.165, 1.54) is 12.1 Å². The lowest BCUT2D eigenvalue weighted by Crippen LogP contribution is -2.51. The summed E-state index contributed by atoms with van der Waals surface area (Å²) in [4.78, 5) is 41.3. The molecule has 4 rings (SSSR count). The number of nitrogens with zero attached hydrogens (tertiary/aromatic N) is 3. The molecule has 0 radical (unpaired) electrons. The standard InChI is InChI=1S/C31H45FN6O4/c1-5-38-25(12-15-34-38)28(39)36-27(21-8-6-19(2)7-9-21)29(40)35-24-11-10-22(18-23(24)32)20(3)26(33)30(41)37-16-13-31(4,42)14-17-37/h10-12,15,18-21,26-27,42H,5-9,13-14,16-17,33H2,1-4H3,(H,35,40)(H,36,39)/t19-,20-,21-,26+,27-/m0/s1. The Morgan fingerprint density at radius 2 is 1.83 bits per heavy atom. The third kappa shape index (κ3) is 7.36. The van der Waals surface area contributed by atoms with Crippen LogP contribution in [-0.4, -0.2) is 68.3 Å². The highest BCUT2D eigenvalue weighted by atomic mass is 19.1. The van der Waals surface area contributed by atoms with Gasteiger partial charge in [0.25, 0.3) is 5.91 Å². The van der Waals surface area contributed by atoms with Crippen molar-refractivity contribution in [1.82, 2.24) is 20.0 Å². The van der Waals surface area contributed by atoms with E-state index in [1.807, 2.05) is 6.92 Å². The number of hydrogen-bond acceptors (Lipinski definition) is 6. The van der Waals surface area contributed by atoms with Crippen molar-refractivity contribution in [1.29, 1.82) is 0 Å². The van der Waals surface area contributed by atoms with Gasteiger partial charge < -0.3 is 26.4 Å². The van der Waals surface area contributed by atoms with Gasteiger partial charge in [-0.05, 0) is 75.1 Å². The third-order valence-corrected chi connectivity index (χ3v) is 9.10. The number of nitrogens with two attached hydrogens (primary N) is 1. The highest BCUT2D eigenvalue weighted by Crippen LogP contribution is 2.32. The molecule has 2 fully saturated rings. The Hall–Kier alpha value is -3.31. The molecule has 5 N–H and O–H groups in total. The van der Waals surface area contributed by atoms with E-state index < -0.39 is 41.2 Å². The van der Waals surface area contributed by atoms with Gasteiger partial charge in [-0.1, -0.05) is 32.8 Å². The molecule has 230 valence electrons. The van der Waals surface area contributed by atoms with E-state index >= 15 is 4.39 Å². The Labute approximate surface area is 247 Å². The van der Waals surface area contributed by atoms with Gasteiger partial charge in [-0.2, -0.15) is 5.10 Å². The van der Waals surface area contributed by atoms with Gasteiger partial charge in [0.15, 0.2) is 0 Å². The summed E-state index contributed by atoms with van der Waals surface area (Å²) < 4.78 is 16.9. The normalized spacial score (nSPS) is 22.6. The molecule has 1 aromatic heterocycles. The Bertz CT molecular complexity index is 1260. The molecule has 3 atom stereocenters. The predicted octanol–water partition coefficient (Wildman–Crippen LogP) is 3.41. The first-order valence-electron chi connectivity index (χ1n) is 15.1. The van der Waals surface area contributed by atoms with Gasteiger partial charge in [0.2, 0.25) is 11.8 Å². The first kappa shape index (κ1) is 31.6. The van der Waals surface area contributed by atoms with E-state index in [2.05, 4.69) is 22.7 Å². The largest absolute Gasteiger partial charge is 0.390 e. The lowest BCUT2D eigenvalue weighted by Gasteiger charge is -2.37. The van der Waals surface area contributed by atoms with Crippen molar-refractivity contribution in [2.45, 2.75) is 96.4 Å². The number of carbonyl (C=O) groups is 3. The summed E-state index contributed by atoms with van der Waals surface area (Å²) in [6, 6.07) is 4.33. The fourth-order valence-corrected chi connectivity index (χ4v) is 5.98. The molecular formula is C31H45FN6O4. The van der Waals surface area contributed by atoms with Crippen molar-refractivity contribution in [3.63, 3.8) is 0 Å². The van der Waals surface area contributed by atoms with E-state index in [1.54, 1.807) is 41.8 Å². The second-order valence-electron chi connectivity index (χ2n) is 12.4. The van der Waals surface area contributed by atoms with Crippen LogP contribution in [-0.2, 0) is 16.1 Å². The zero-order valence-electron chi connectivity index (χ0n) is 25.1. The summed E-state index contributed by atoms with van der Waals surface area (Å²) in [5.41, 5.74) is 6.42. The van der Waals surface area contributed by atoms with Gasteiger partial charge in [-0.15, -0.1) is 0 Å². The van der Waals surface area contributed by atoms with Crippen LogP contribution in [0.1, 0.15) is 88.2 Å². The minimum Gasteiger partial charge on any atom is -0.390 e. The van der Waals surface area contributed by atoms with E-state index in [4.69, 9.17) is 5.73 Å². The molecule has 2 aliphatic rings. The molecule has 1 aromatic carbocycles. The number of nitrogens with one attached hydrogen (secondary N) is 2. The average Bonchev–Trinajstić information content (AvgIpc) is 3.45. The summed E-state index contributed by atoms with van der Waals surface area (Å²) >= 11 is 0. The molecule has 0 unspecified atom stereocenters. The van der Waals surface area contributed by atoms with E-state index in [9.17, 15) is 19.5 Å². The van der Waals surface area contributed by atoms with Crippen LogP contribution in [0.5, 0.6) is 0 Å². The van der Waals surface area contributed by atoms with Crippen LogP contribution in [0.15, 0.2) is 30.5 Å². The smallest absolute Gasteiger partial charge is 0.270 e. The van der Waals surface area contributed by atoms with Gasteiger partial charge in [-0.3, -0.25) is 19.1 Å². The number of hydrogen-bond donors (Lipinski definition) is 4. The number of benzene rings is 1. The number of carbonyl (C=O) groups excluding carboxylic acids is 3. The van der Waals surface area contributed by atoms with Crippen molar-refractivity contribution in [3.05, 3.63) is 47.5 Å². The Morgan fingerprint density at radius 3 is 2.45 bits per heavy atom. The second-order valence-corrected chi connectivity index (χ2v) is 12.4. The molecule has 1 aliphatic carbocycles. The number of piperidine rings is 1.